The van der Waals surface area contributed by atoms with E-state index >= 15 is 0 Å². The highest BCUT2D eigenvalue weighted by Crippen LogP contribution is 2.38. The van der Waals surface area contributed by atoms with Crippen LogP contribution < -0.4 is 15.8 Å². The Kier molecular flexibility index (Phi) is 3.29. The second kappa shape index (κ2) is 5.09. The highest BCUT2D eigenvalue weighted by Gasteiger charge is 2.25. The molecule has 1 aliphatic rings. The van der Waals surface area contributed by atoms with Crippen LogP contribution in [0.25, 0.3) is 0 Å². The molecule has 100 valence electrons. The predicted octanol–water partition coefficient (Wildman–Crippen LogP) is 2.88. The molecule has 0 saturated heterocycles. The number of rotatable bonds is 5. The molecule has 0 spiro atoms. The van der Waals surface area contributed by atoms with E-state index in [2.05, 4.69) is 34.0 Å². The maximum Gasteiger partial charge on any atom is 0.197 e. The van der Waals surface area contributed by atoms with Crippen LogP contribution in [-0.2, 0) is 6.42 Å². The molecule has 0 fully saturated rings. The predicted molar refractivity (Wildman–Crippen MR) is 79.1 cm³/mol. The molecular formula is C14H17N3OS. The summed E-state index contributed by atoms with van der Waals surface area (Å²) in [6.07, 6.45) is 1.14. The molecule has 1 aliphatic carbocycles. The van der Waals surface area contributed by atoms with Crippen LogP contribution in [0.15, 0.2) is 24.3 Å². The lowest BCUT2D eigenvalue weighted by Crippen LogP contribution is -2.24. The number of fused-ring (bicyclic) bond motifs is 1. The lowest BCUT2D eigenvalue weighted by Gasteiger charge is -2.30. The van der Waals surface area contributed by atoms with Crippen LogP contribution in [0.5, 0.6) is 5.75 Å². The van der Waals surface area contributed by atoms with Gasteiger partial charge in [-0.15, -0.1) is 0 Å². The monoisotopic (exact) mass is 275 g/mol. The average molecular weight is 275 g/mol. The minimum atomic E-state index is 0.475. The van der Waals surface area contributed by atoms with E-state index in [0.29, 0.717) is 24.1 Å². The molecule has 1 atom stereocenters. The van der Waals surface area contributed by atoms with Crippen molar-refractivity contribution in [2.75, 3.05) is 24.2 Å². The van der Waals surface area contributed by atoms with Crippen molar-refractivity contribution in [1.29, 1.82) is 0 Å². The molecular weight excluding hydrogens is 258 g/mol. The van der Waals surface area contributed by atoms with Gasteiger partial charge in [0.2, 0.25) is 0 Å². The number of hydrogen-bond acceptors (Lipinski definition) is 5. The Hall–Kier alpha value is -1.75. The van der Waals surface area contributed by atoms with Crippen LogP contribution in [0.4, 0.5) is 10.8 Å². The minimum absolute atomic E-state index is 0.475. The Morgan fingerprint density at radius 3 is 3.11 bits per heavy atom. The van der Waals surface area contributed by atoms with Crippen molar-refractivity contribution in [3.8, 4) is 5.75 Å². The summed E-state index contributed by atoms with van der Waals surface area (Å²) in [6, 6.07) is 8.60. The van der Waals surface area contributed by atoms with Crippen molar-refractivity contribution in [2.24, 2.45) is 0 Å². The van der Waals surface area contributed by atoms with Crippen LogP contribution in [0.1, 0.15) is 24.0 Å². The minimum Gasteiger partial charge on any atom is -0.487 e. The highest BCUT2D eigenvalue weighted by molar-refractivity contribution is 7.11. The van der Waals surface area contributed by atoms with Gasteiger partial charge in [-0.3, -0.25) is 0 Å². The van der Waals surface area contributed by atoms with Gasteiger partial charge in [0.05, 0.1) is 6.61 Å². The van der Waals surface area contributed by atoms with E-state index < -0.39 is 0 Å². The summed E-state index contributed by atoms with van der Waals surface area (Å²) in [6.45, 7) is 3.45. The van der Waals surface area contributed by atoms with E-state index in [0.717, 1.165) is 18.0 Å². The molecule has 19 heavy (non-hydrogen) atoms. The first-order valence-corrected chi connectivity index (χ1v) is 7.26. The molecule has 0 bridgehead atoms. The zero-order valence-electron chi connectivity index (χ0n) is 10.8. The number of anilines is 2. The lowest BCUT2D eigenvalue weighted by atomic mass is 9.78. The number of nitrogens with zero attached hydrogens (tertiary/aromatic N) is 1. The van der Waals surface area contributed by atoms with Gasteiger partial charge < -0.3 is 15.8 Å². The number of hydrogen-bond donors (Lipinski definition) is 2. The molecule has 1 heterocycles. The fraction of sp³-hybridized carbons (Fsp3) is 0.357. The van der Waals surface area contributed by atoms with Crippen molar-refractivity contribution in [3.05, 3.63) is 35.4 Å². The van der Waals surface area contributed by atoms with Gasteiger partial charge >= 0.3 is 0 Å². The maximum atomic E-state index is 5.79. The summed E-state index contributed by atoms with van der Waals surface area (Å²) in [5, 5.41) is 4.35. The molecule has 0 radical (unpaired) electrons. The number of benzene rings is 1. The van der Waals surface area contributed by atoms with Gasteiger partial charge in [-0.1, -0.05) is 24.3 Å². The molecule has 2 aromatic rings. The molecule has 1 aromatic heterocycles. The second-order valence-corrected chi connectivity index (χ2v) is 5.41. The zero-order chi connectivity index (χ0) is 13.2. The number of nitrogen functional groups attached to an aromatic ring is 1. The Balaban J connectivity index is 1.65. The SMILES string of the molecule is CCOc1c(N)nsc1NCC1Cc2ccccc21. The van der Waals surface area contributed by atoms with Crippen molar-refractivity contribution >= 4 is 22.4 Å². The summed E-state index contributed by atoms with van der Waals surface area (Å²) in [5.41, 5.74) is 8.70. The van der Waals surface area contributed by atoms with Gasteiger partial charge in [-0.25, -0.2) is 0 Å². The number of nitrogens with one attached hydrogen (secondary N) is 1. The van der Waals surface area contributed by atoms with Gasteiger partial charge in [-0.05, 0) is 36.0 Å². The Morgan fingerprint density at radius 2 is 2.32 bits per heavy atom. The Bertz CT molecular complexity index is 582. The molecule has 0 aliphatic heterocycles. The van der Waals surface area contributed by atoms with E-state index in [-0.39, 0.29) is 0 Å². The van der Waals surface area contributed by atoms with Crippen LogP contribution in [0.2, 0.25) is 0 Å². The first kappa shape index (κ1) is 12.3. The Labute approximate surface area is 116 Å². The fourth-order valence-corrected chi connectivity index (χ4v) is 3.12. The normalized spacial score (nSPS) is 16.6. The van der Waals surface area contributed by atoms with E-state index in [4.69, 9.17) is 10.5 Å². The second-order valence-electron chi connectivity index (χ2n) is 4.64. The highest BCUT2D eigenvalue weighted by atomic mass is 32.1. The largest absolute Gasteiger partial charge is 0.487 e. The molecule has 3 N–H and O–H groups in total. The summed E-state index contributed by atoms with van der Waals surface area (Å²) in [7, 11) is 0. The van der Waals surface area contributed by atoms with Crippen molar-refractivity contribution < 1.29 is 4.74 Å². The Morgan fingerprint density at radius 1 is 1.47 bits per heavy atom. The first-order chi connectivity index (χ1) is 9.29. The summed E-state index contributed by atoms with van der Waals surface area (Å²) in [5.74, 6) is 1.75. The van der Waals surface area contributed by atoms with Crippen LogP contribution >= 0.6 is 11.5 Å². The molecule has 4 nitrogen and oxygen atoms in total. The lowest BCUT2D eigenvalue weighted by molar-refractivity contribution is 0.344. The molecule has 1 unspecified atom stereocenters. The third-order valence-corrected chi connectivity index (χ3v) is 4.23. The van der Waals surface area contributed by atoms with Crippen LogP contribution in [-0.4, -0.2) is 17.5 Å². The van der Waals surface area contributed by atoms with Crippen LogP contribution in [0.3, 0.4) is 0 Å². The van der Waals surface area contributed by atoms with E-state index in [1.165, 1.54) is 22.7 Å². The quantitative estimate of drug-likeness (QED) is 0.881. The topological polar surface area (TPSA) is 60.2 Å². The average Bonchev–Trinajstić information content (AvgIpc) is 2.73. The number of aromatic nitrogens is 1. The van der Waals surface area contributed by atoms with Gasteiger partial charge in [0.15, 0.2) is 16.6 Å². The third-order valence-electron chi connectivity index (χ3n) is 3.43. The summed E-state index contributed by atoms with van der Waals surface area (Å²) >= 11 is 1.36. The van der Waals surface area contributed by atoms with E-state index in [1.807, 2.05) is 6.92 Å². The molecule has 0 amide bonds. The summed E-state index contributed by atoms with van der Waals surface area (Å²) in [4.78, 5) is 0. The van der Waals surface area contributed by atoms with Crippen molar-refractivity contribution in [2.45, 2.75) is 19.3 Å². The zero-order valence-corrected chi connectivity index (χ0v) is 11.7. The summed E-state index contributed by atoms with van der Waals surface area (Å²) < 4.78 is 9.65. The number of ether oxygens (including phenoxy) is 1. The first-order valence-electron chi connectivity index (χ1n) is 6.49. The van der Waals surface area contributed by atoms with Gasteiger partial charge in [0, 0.05) is 12.5 Å². The van der Waals surface area contributed by atoms with E-state index in [1.54, 1.807) is 0 Å². The van der Waals surface area contributed by atoms with Gasteiger partial charge in [0.1, 0.15) is 0 Å². The van der Waals surface area contributed by atoms with Gasteiger partial charge in [-0.2, -0.15) is 4.37 Å². The van der Waals surface area contributed by atoms with Crippen LogP contribution in [0, 0.1) is 0 Å². The smallest absolute Gasteiger partial charge is 0.197 e. The van der Waals surface area contributed by atoms with E-state index in [9.17, 15) is 0 Å². The number of nitrogens with two attached hydrogens (primary N) is 1. The molecule has 0 saturated carbocycles. The van der Waals surface area contributed by atoms with Crippen molar-refractivity contribution in [3.63, 3.8) is 0 Å². The fourth-order valence-electron chi connectivity index (χ4n) is 2.45. The molecule has 1 aromatic carbocycles. The third kappa shape index (κ3) is 2.26. The standard InChI is InChI=1S/C14H17N3OS/c1-2-18-12-13(15)17-19-14(12)16-8-10-7-9-5-3-4-6-11(9)10/h3-6,10,16H,2,7-8H2,1H3,(H2,15,17). The van der Waals surface area contributed by atoms with Crippen molar-refractivity contribution in [1.82, 2.24) is 4.37 Å². The maximum absolute atomic E-state index is 5.79. The molecule has 3 rings (SSSR count). The molecule has 5 heteroatoms. The van der Waals surface area contributed by atoms with Gasteiger partial charge in [0.25, 0.3) is 0 Å².